The van der Waals surface area contributed by atoms with E-state index in [1.165, 1.54) is 0 Å². The quantitative estimate of drug-likeness (QED) is 0.673. The molecule has 3 heteroatoms. The Morgan fingerprint density at radius 2 is 2.42 bits per heavy atom. The van der Waals surface area contributed by atoms with Crippen molar-refractivity contribution in [3.8, 4) is 0 Å². The predicted molar refractivity (Wildman–Crippen MR) is 48.2 cm³/mol. The summed E-state index contributed by atoms with van der Waals surface area (Å²) in [5.41, 5.74) is 0. The van der Waals surface area contributed by atoms with E-state index in [1.54, 1.807) is 0 Å². The van der Waals surface area contributed by atoms with Crippen molar-refractivity contribution in [1.82, 2.24) is 4.90 Å². The second kappa shape index (κ2) is 4.80. The van der Waals surface area contributed by atoms with Crippen molar-refractivity contribution < 1.29 is 9.84 Å². The van der Waals surface area contributed by atoms with E-state index in [2.05, 4.69) is 11.8 Å². The molecule has 0 saturated carbocycles. The van der Waals surface area contributed by atoms with Gasteiger partial charge in [0.1, 0.15) is 0 Å². The van der Waals surface area contributed by atoms with Gasteiger partial charge in [0, 0.05) is 19.1 Å². The van der Waals surface area contributed by atoms with Crippen LogP contribution in [0.5, 0.6) is 0 Å². The molecule has 0 aliphatic carbocycles. The van der Waals surface area contributed by atoms with Crippen LogP contribution in [-0.2, 0) is 4.74 Å². The Bertz CT molecular complexity index is 130. The lowest BCUT2D eigenvalue weighted by Crippen LogP contribution is -2.46. The Morgan fingerprint density at radius 1 is 1.67 bits per heavy atom. The fourth-order valence-corrected chi connectivity index (χ4v) is 1.43. The van der Waals surface area contributed by atoms with Gasteiger partial charge in [0.2, 0.25) is 0 Å². The van der Waals surface area contributed by atoms with Gasteiger partial charge < -0.3 is 9.84 Å². The molecule has 1 rings (SSSR count). The fraction of sp³-hybridized carbons (Fsp3) is 1.00. The van der Waals surface area contributed by atoms with Gasteiger partial charge in [-0.25, -0.2) is 0 Å². The van der Waals surface area contributed by atoms with E-state index < -0.39 is 0 Å². The first-order valence-electron chi connectivity index (χ1n) is 4.74. The summed E-state index contributed by atoms with van der Waals surface area (Å²) in [5, 5.41) is 9.45. The van der Waals surface area contributed by atoms with Gasteiger partial charge in [-0.05, 0) is 13.3 Å². The zero-order valence-corrected chi connectivity index (χ0v) is 7.99. The van der Waals surface area contributed by atoms with Crippen LogP contribution >= 0.6 is 0 Å². The Hall–Kier alpha value is -0.120. The van der Waals surface area contributed by atoms with Crippen molar-refractivity contribution in [2.75, 3.05) is 26.3 Å². The molecule has 2 atom stereocenters. The normalized spacial score (nSPS) is 28.8. The van der Waals surface area contributed by atoms with E-state index in [-0.39, 0.29) is 6.10 Å². The Labute approximate surface area is 74.3 Å². The second-order valence-corrected chi connectivity index (χ2v) is 3.48. The van der Waals surface area contributed by atoms with Crippen molar-refractivity contribution in [3.05, 3.63) is 0 Å². The third-order valence-electron chi connectivity index (χ3n) is 2.42. The number of aliphatic hydroxyl groups is 1. The second-order valence-electron chi connectivity index (χ2n) is 3.48. The maximum atomic E-state index is 9.45. The summed E-state index contributed by atoms with van der Waals surface area (Å²) in [6, 6.07) is 0.458. The zero-order chi connectivity index (χ0) is 8.97. The van der Waals surface area contributed by atoms with Crippen molar-refractivity contribution in [2.24, 2.45) is 0 Å². The number of hydrogen-bond acceptors (Lipinski definition) is 3. The third kappa shape index (κ3) is 2.73. The first-order valence-corrected chi connectivity index (χ1v) is 4.74. The Balaban J connectivity index is 2.28. The van der Waals surface area contributed by atoms with Crippen LogP contribution in [0.3, 0.4) is 0 Å². The zero-order valence-electron chi connectivity index (χ0n) is 7.99. The highest BCUT2D eigenvalue weighted by Gasteiger charge is 2.20. The van der Waals surface area contributed by atoms with Crippen molar-refractivity contribution in [3.63, 3.8) is 0 Å². The van der Waals surface area contributed by atoms with Gasteiger partial charge in [-0.3, -0.25) is 4.90 Å². The maximum absolute atomic E-state index is 9.45. The highest BCUT2D eigenvalue weighted by atomic mass is 16.5. The molecule has 0 radical (unpaired) electrons. The van der Waals surface area contributed by atoms with E-state index >= 15 is 0 Å². The lowest BCUT2D eigenvalue weighted by molar-refractivity contribution is -0.0202. The molecular weight excluding hydrogens is 154 g/mol. The van der Waals surface area contributed by atoms with E-state index in [0.717, 1.165) is 32.7 Å². The molecule has 12 heavy (non-hydrogen) atoms. The molecule has 2 unspecified atom stereocenters. The topological polar surface area (TPSA) is 32.7 Å². The van der Waals surface area contributed by atoms with Crippen LogP contribution < -0.4 is 0 Å². The number of morpholine rings is 1. The number of aliphatic hydroxyl groups excluding tert-OH is 1. The molecule has 0 bridgehead atoms. The van der Waals surface area contributed by atoms with Crippen LogP contribution in [-0.4, -0.2) is 48.5 Å². The molecule has 1 saturated heterocycles. The number of nitrogens with zero attached hydrogens (tertiary/aromatic N) is 1. The lowest BCUT2D eigenvalue weighted by Gasteiger charge is -2.34. The van der Waals surface area contributed by atoms with Crippen molar-refractivity contribution in [2.45, 2.75) is 32.4 Å². The van der Waals surface area contributed by atoms with Crippen molar-refractivity contribution >= 4 is 0 Å². The first kappa shape index (κ1) is 9.96. The molecule has 72 valence electrons. The number of ether oxygens (including phenoxy) is 1. The number of β-amino-alcohol motifs (C(OH)–C–C–N with tert-alkyl or cyclic N) is 1. The summed E-state index contributed by atoms with van der Waals surface area (Å²) in [4.78, 5) is 2.29. The van der Waals surface area contributed by atoms with Gasteiger partial charge in [-0.15, -0.1) is 0 Å². The monoisotopic (exact) mass is 173 g/mol. The summed E-state index contributed by atoms with van der Waals surface area (Å²) >= 11 is 0. The average molecular weight is 173 g/mol. The Morgan fingerprint density at radius 3 is 3.00 bits per heavy atom. The van der Waals surface area contributed by atoms with Crippen LogP contribution in [0, 0.1) is 0 Å². The van der Waals surface area contributed by atoms with E-state index in [4.69, 9.17) is 4.74 Å². The van der Waals surface area contributed by atoms with Crippen LogP contribution in [0.4, 0.5) is 0 Å². The highest BCUT2D eigenvalue weighted by molar-refractivity contribution is 4.73. The summed E-state index contributed by atoms with van der Waals surface area (Å²) in [7, 11) is 0. The first-order chi connectivity index (χ1) is 5.74. The molecule has 0 amide bonds. The summed E-state index contributed by atoms with van der Waals surface area (Å²) in [6.07, 6.45) is 0.662. The molecule has 0 aromatic heterocycles. The smallest absolute Gasteiger partial charge is 0.0664 e. The highest BCUT2D eigenvalue weighted by Crippen LogP contribution is 2.07. The molecule has 0 aromatic carbocycles. The summed E-state index contributed by atoms with van der Waals surface area (Å²) < 4.78 is 5.30. The average Bonchev–Trinajstić information content (AvgIpc) is 2.09. The van der Waals surface area contributed by atoms with Crippen LogP contribution in [0.1, 0.15) is 20.3 Å². The number of hydrogen-bond donors (Lipinski definition) is 1. The van der Waals surface area contributed by atoms with Gasteiger partial charge in [-0.1, -0.05) is 6.92 Å². The summed E-state index contributed by atoms with van der Waals surface area (Å²) in [6.45, 7) is 7.51. The predicted octanol–water partition coefficient (Wildman–Crippen LogP) is 0.478. The molecule has 0 aromatic rings. The summed E-state index contributed by atoms with van der Waals surface area (Å²) in [5.74, 6) is 0. The molecule has 1 fully saturated rings. The van der Waals surface area contributed by atoms with Crippen LogP contribution in [0.2, 0.25) is 0 Å². The van der Waals surface area contributed by atoms with E-state index in [9.17, 15) is 5.11 Å². The minimum absolute atomic E-state index is 0.175. The standard InChI is InChI=1S/C9H19NO2/c1-3-9(11)6-10-4-5-12-7-8(10)2/h8-9,11H,3-7H2,1-2H3. The molecule has 1 heterocycles. The molecule has 1 aliphatic heterocycles. The molecular formula is C9H19NO2. The van der Waals surface area contributed by atoms with Crippen LogP contribution in [0.15, 0.2) is 0 Å². The number of rotatable bonds is 3. The minimum atomic E-state index is -0.175. The molecule has 3 nitrogen and oxygen atoms in total. The lowest BCUT2D eigenvalue weighted by atomic mass is 10.2. The van der Waals surface area contributed by atoms with Crippen molar-refractivity contribution in [1.29, 1.82) is 0 Å². The van der Waals surface area contributed by atoms with Gasteiger partial charge in [0.15, 0.2) is 0 Å². The Kier molecular flexibility index (Phi) is 3.98. The minimum Gasteiger partial charge on any atom is -0.392 e. The van der Waals surface area contributed by atoms with E-state index in [1.807, 2.05) is 6.92 Å². The largest absolute Gasteiger partial charge is 0.392 e. The molecule has 1 N–H and O–H groups in total. The van der Waals surface area contributed by atoms with Gasteiger partial charge in [0.25, 0.3) is 0 Å². The van der Waals surface area contributed by atoms with Crippen LogP contribution in [0.25, 0.3) is 0 Å². The van der Waals surface area contributed by atoms with Gasteiger partial charge in [0.05, 0.1) is 19.3 Å². The SMILES string of the molecule is CCC(O)CN1CCOCC1C. The maximum Gasteiger partial charge on any atom is 0.0664 e. The fourth-order valence-electron chi connectivity index (χ4n) is 1.43. The van der Waals surface area contributed by atoms with Gasteiger partial charge >= 0.3 is 0 Å². The van der Waals surface area contributed by atoms with Gasteiger partial charge in [-0.2, -0.15) is 0 Å². The van der Waals surface area contributed by atoms with E-state index in [0.29, 0.717) is 6.04 Å². The third-order valence-corrected chi connectivity index (χ3v) is 2.42. The molecule has 1 aliphatic rings. The molecule has 0 spiro atoms.